The number of halogens is 1. The molecule has 3 nitrogen and oxygen atoms in total. The molecule has 2 aromatic rings. The molecule has 0 saturated carbocycles. The summed E-state index contributed by atoms with van der Waals surface area (Å²) in [5, 5.41) is 0. The lowest BCUT2D eigenvalue weighted by molar-refractivity contribution is 0.548. The van der Waals surface area contributed by atoms with Crippen LogP contribution in [-0.4, -0.2) is 4.98 Å². The first-order valence-electron chi connectivity index (χ1n) is 6.23. The van der Waals surface area contributed by atoms with Crippen molar-refractivity contribution in [3.8, 4) is 0 Å². The number of aromatic nitrogens is 1. The van der Waals surface area contributed by atoms with Crippen LogP contribution in [0.4, 0.5) is 0 Å². The quantitative estimate of drug-likeness (QED) is 0.672. The summed E-state index contributed by atoms with van der Waals surface area (Å²) in [4.78, 5) is 4.20. The Balaban J connectivity index is 2.29. The van der Waals surface area contributed by atoms with E-state index in [1.54, 1.807) is 6.20 Å². The number of aryl methyl sites for hydroxylation is 2. The van der Waals surface area contributed by atoms with E-state index in [-0.39, 0.29) is 6.04 Å². The zero-order valence-corrected chi connectivity index (χ0v) is 12.7. The first kappa shape index (κ1) is 14.2. The summed E-state index contributed by atoms with van der Waals surface area (Å²) in [6.07, 6.45) is 4.48. The van der Waals surface area contributed by atoms with Crippen LogP contribution in [-0.2, 0) is 6.42 Å². The summed E-state index contributed by atoms with van der Waals surface area (Å²) in [5.41, 5.74) is 7.90. The Kier molecular flexibility index (Phi) is 4.69. The van der Waals surface area contributed by atoms with E-state index in [0.717, 1.165) is 16.5 Å². The van der Waals surface area contributed by atoms with Crippen LogP contribution in [0.2, 0.25) is 0 Å². The van der Waals surface area contributed by atoms with Crippen LogP contribution in [0.15, 0.2) is 41.1 Å². The topological polar surface area (TPSA) is 50.9 Å². The number of pyridine rings is 1. The highest BCUT2D eigenvalue weighted by atomic mass is 79.9. The van der Waals surface area contributed by atoms with Gasteiger partial charge in [-0.25, -0.2) is 0 Å². The Morgan fingerprint density at radius 1 is 1.26 bits per heavy atom. The van der Waals surface area contributed by atoms with Gasteiger partial charge in [-0.15, -0.1) is 0 Å². The Hall–Kier alpha value is -1.23. The van der Waals surface area contributed by atoms with Crippen LogP contribution in [0.25, 0.3) is 0 Å². The Morgan fingerprint density at radius 3 is 2.53 bits per heavy atom. The first-order chi connectivity index (χ1) is 9.11. The van der Waals surface area contributed by atoms with Gasteiger partial charge < -0.3 is 0 Å². The largest absolute Gasteiger partial charge is 0.271 e. The van der Waals surface area contributed by atoms with Gasteiger partial charge in [0.1, 0.15) is 0 Å². The summed E-state index contributed by atoms with van der Waals surface area (Å²) in [7, 11) is 0. The summed E-state index contributed by atoms with van der Waals surface area (Å²) in [6.45, 7) is 4.27. The molecule has 0 aliphatic rings. The van der Waals surface area contributed by atoms with Crippen molar-refractivity contribution in [2.24, 2.45) is 5.84 Å². The molecule has 4 heteroatoms. The molecule has 0 aliphatic heterocycles. The van der Waals surface area contributed by atoms with Gasteiger partial charge in [-0.2, -0.15) is 0 Å². The van der Waals surface area contributed by atoms with E-state index >= 15 is 0 Å². The molecule has 1 atom stereocenters. The summed E-state index contributed by atoms with van der Waals surface area (Å²) < 4.78 is 0.965. The van der Waals surface area contributed by atoms with Gasteiger partial charge >= 0.3 is 0 Å². The number of rotatable bonds is 4. The lowest BCUT2D eigenvalue weighted by atomic mass is 9.94. The number of nitrogens with two attached hydrogens (primary N) is 1. The molecule has 3 N–H and O–H groups in total. The van der Waals surface area contributed by atoms with Crippen molar-refractivity contribution < 1.29 is 0 Å². The number of hydrogen-bond acceptors (Lipinski definition) is 3. The van der Waals surface area contributed by atoms with Crippen LogP contribution in [0.3, 0.4) is 0 Å². The predicted molar refractivity (Wildman–Crippen MR) is 81.6 cm³/mol. The second-order valence-electron chi connectivity index (χ2n) is 4.73. The monoisotopic (exact) mass is 319 g/mol. The molecule has 1 heterocycles. The molecule has 0 amide bonds. The number of hydrogen-bond donors (Lipinski definition) is 2. The third kappa shape index (κ3) is 3.41. The molecule has 0 spiro atoms. The zero-order valence-electron chi connectivity index (χ0n) is 11.2. The maximum atomic E-state index is 5.71. The third-order valence-electron chi connectivity index (χ3n) is 3.38. The van der Waals surface area contributed by atoms with Gasteiger partial charge in [0.05, 0.1) is 6.04 Å². The average molecular weight is 320 g/mol. The highest BCUT2D eigenvalue weighted by Crippen LogP contribution is 2.23. The molecular weight excluding hydrogens is 302 g/mol. The summed E-state index contributed by atoms with van der Waals surface area (Å²) in [6, 6.07) is 8.46. The highest BCUT2D eigenvalue weighted by Gasteiger charge is 2.14. The van der Waals surface area contributed by atoms with Crippen molar-refractivity contribution in [3.05, 3.63) is 63.4 Å². The van der Waals surface area contributed by atoms with E-state index < -0.39 is 0 Å². The zero-order chi connectivity index (χ0) is 13.8. The lowest BCUT2D eigenvalue weighted by Gasteiger charge is -2.19. The molecular formula is C15H18BrN3. The van der Waals surface area contributed by atoms with Crippen molar-refractivity contribution >= 4 is 15.9 Å². The number of nitrogens with zero attached hydrogens (tertiary/aromatic N) is 1. The van der Waals surface area contributed by atoms with E-state index in [9.17, 15) is 0 Å². The molecule has 2 rings (SSSR count). The maximum Gasteiger partial charge on any atom is 0.0516 e. The molecule has 19 heavy (non-hydrogen) atoms. The molecule has 0 aliphatic carbocycles. The number of hydrazine groups is 1. The minimum atomic E-state index is 0.0600. The summed E-state index contributed by atoms with van der Waals surface area (Å²) >= 11 is 3.44. The van der Waals surface area contributed by atoms with Crippen molar-refractivity contribution in [2.45, 2.75) is 26.3 Å². The van der Waals surface area contributed by atoms with Crippen LogP contribution >= 0.6 is 15.9 Å². The number of benzene rings is 1. The smallest absolute Gasteiger partial charge is 0.0516 e. The van der Waals surface area contributed by atoms with Crippen LogP contribution in [0.5, 0.6) is 0 Å². The molecule has 1 aromatic carbocycles. The van der Waals surface area contributed by atoms with E-state index in [1.165, 1.54) is 16.7 Å². The van der Waals surface area contributed by atoms with Gasteiger partial charge in [-0.05, 0) is 64.5 Å². The SMILES string of the molecule is Cc1cccc(C)c1CC(NN)c1cncc(Br)c1. The normalized spacial score (nSPS) is 12.4. The van der Waals surface area contributed by atoms with E-state index in [0.29, 0.717) is 0 Å². The maximum absolute atomic E-state index is 5.71. The third-order valence-corrected chi connectivity index (χ3v) is 3.82. The van der Waals surface area contributed by atoms with Crippen LogP contribution < -0.4 is 11.3 Å². The van der Waals surface area contributed by atoms with Crippen molar-refractivity contribution in [3.63, 3.8) is 0 Å². The minimum Gasteiger partial charge on any atom is -0.271 e. The van der Waals surface area contributed by atoms with Gasteiger partial charge in [0.15, 0.2) is 0 Å². The van der Waals surface area contributed by atoms with Gasteiger partial charge in [0, 0.05) is 16.9 Å². The van der Waals surface area contributed by atoms with Crippen molar-refractivity contribution in [2.75, 3.05) is 0 Å². The molecule has 100 valence electrons. The van der Waals surface area contributed by atoms with E-state index in [1.807, 2.05) is 12.3 Å². The average Bonchev–Trinajstić information content (AvgIpc) is 2.38. The fourth-order valence-electron chi connectivity index (χ4n) is 2.27. The van der Waals surface area contributed by atoms with Crippen LogP contribution in [0.1, 0.15) is 28.3 Å². The fraction of sp³-hybridized carbons (Fsp3) is 0.267. The van der Waals surface area contributed by atoms with Gasteiger partial charge in [-0.3, -0.25) is 16.3 Å². The van der Waals surface area contributed by atoms with Gasteiger partial charge in [0.25, 0.3) is 0 Å². The lowest BCUT2D eigenvalue weighted by Crippen LogP contribution is -2.30. The molecule has 0 bridgehead atoms. The second-order valence-corrected chi connectivity index (χ2v) is 5.65. The highest BCUT2D eigenvalue weighted by molar-refractivity contribution is 9.10. The van der Waals surface area contributed by atoms with Gasteiger partial charge in [-0.1, -0.05) is 18.2 Å². The minimum absolute atomic E-state index is 0.0600. The van der Waals surface area contributed by atoms with Crippen molar-refractivity contribution in [1.82, 2.24) is 10.4 Å². The summed E-state index contributed by atoms with van der Waals surface area (Å²) in [5.74, 6) is 5.71. The Bertz CT molecular complexity index is 549. The second kappa shape index (κ2) is 6.28. The predicted octanol–water partition coefficient (Wildman–Crippen LogP) is 3.21. The number of nitrogens with one attached hydrogen (secondary N) is 1. The molecule has 0 fully saturated rings. The van der Waals surface area contributed by atoms with Crippen molar-refractivity contribution in [1.29, 1.82) is 0 Å². The van der Waals surface area contributed by atoms with E-state index in [4.69, 9.17) is 5.84 Å². The molecule has 1 unspecified atom stereocenters. The molecule has 0 saturated heterocycles. The first-order valence-corrected chi connectivity index (χ1v) is 7.02. The van der Waals surface area contributed by atoms with Crippen LogP contribution in [0, 0.1) is 13.8 Å². The fourth-order valence-corrected chi connectivity index (χ4v) is 2.65. The molecule has 0 radical (unpaired) electrons. The van der Waals surface area contributed by atoms with Gasteiger partial charge in [0.2, 0.25) is 0 Å². The Labute approximate surface area is 122 Å². The standard InChI is InChI=1S/C15H18BrN3/c1-10-4-3-5-11(2)14(10)7-15(19-17)12-6-13(16)9-18-8-12/h3-6,8-9,15,19H,7,17H2,1-2H3. The molecule has 1 aromatic heterocycles. The Morgan fingerprint density at radius 2 is 1.95 bits per heavy atom. The van der Waals surface area contributed by atoms with E-state index in [2.05, 4.69) is 58.4 Å².